The second-order valence-corrected chi connectivity index (χ2v) is 21.0. The molecule has 77 heavy (non-hydrogen) atoms. The lowest BCUT2D eigenvalue weighted by Crippen LogP contribution is -2.28. The number of rotatable bonds is 15. The molecule has 7 aromatic carbocycles. The highest BCUT2D eigenvalue weighted by Crippen LogP contribution is 2.26. The van der Waals surface area contributed by atoms with Crippen molar-refractivity contribution in [3.05, 3.63) is 209 Å². The fraction of sp³-hybridized carbons (Fsp3) is 0.109. The zero-order valence-corrected chi connectivity index (χ0v) is 43.4. The molecule has 0 aromatic heterocycles. The van der Waals surface area contributed by atoms with Crippen molar-refractivity contribution in [3.63, 3.8) is 0 Å². The summed E-state index contributed by atoms with van der Waals surface area (Å²) < 4.78 is 52.7. The van der Waals surface area contributed by atoms with E-state index in [0.29, 0.717) is 5.69 Å². The fourth-order valence-corrected chi connectivity index (χ4v) is 8.32. The van der Waals surface area contributed by atoms with Crippen molar-refractivity contribution in [1.29, 1.82) is 0 Å². The highest BCUT2D eigenvalue weighted by molar-refractivity contribution is 7.92. The van der Waals surface area contributed by atoms with Crippen LogP contribution < -0.4 is 30.7 Å². The van der Waals surface area contributed by atoms with Crippen molar-refractivity contribution >= 4 is 95.7 Å². The minimum atomic E-state index is -3.90. The van der Waals surface area contributed by atoms with Crippen LogP contribution in [-0.2, 0) is 24.8 Å². The van der Waals surface area contributed by atoms with Gasteiger partial charge >= 0.3 is 17.9 Å². The molecule has 9 N–H and O–H groups in total. The summed E-state index contributed by atoms with van der Waals surface area (Å²) in [6.07, 6.45) is 0.974. The maximum Gasteiger partial charge on any atom is 0.337 e. The molecule has 0 atom stereocenters. The van der Waals surface area contributed by atoms with Crippen molar-refractivity contribution in [2.24, 2.45) is 5.41 Å². The number of carbonyl (C=O) groups is 7. The third-order valence-corrected chi connectivity index (χ3v) is 12.5. The van der Waals surface area contributed by atoms with Crippen molar-refractivity contribution in [1.82, 2.24) is 0 Å². The van der Waals surface area contributed by atoms with Gasteiger partial charge in [0.2, 0.25) is 15.9 Å². The molecule has 0 bridgehead atoms. The topological polar surface area (TPSA) is 321 Å². The Hall–Kier alpha value is -9.67. The summed E-state index contributed by atoms with van der Waals surface area (Å²) in [5.74, 6) is -5.48. The van der Waals surface area contributed by atoms with Crippen molar-refractivity contribution in [2.45, 2.75) is 32.6 Å². The summed E-state index contributed by atoms with van der Waals surface area (Å²) >= 11 is 0. The van der Waals surface area contributed by atoms with E-state index in [2.05, 4.69) is 30.7 Å². The molecular weight excluding hydrogens is 1030 g/mol. The maximum absolute atomic E-state index is 12.7. The van der Waals surface area contributed by atoms with E-state index >= 15 is 0 Å². The van der Waals surface area contributed by atoms with Crippen molar-refractivity contribution < 1.29 is 65.7 Å². The molecule has 0 aliphatic heterocycles. The third kappa shape index (κ3) is 16.7. The van der Waals surface area contributed by atoms with E-state index in [4.69, 9.17) is 5.11 Å². The van der Waals surface area contributed by atoms with Gasteiger partial charge < -0.3 is 36.6 Å². The highest BCUT2D eigenvalue weighted by Gasteiger charge is 2.25. The summed E-state index contributed by atoms with van der Waals surface area (Å²) in [7, 11) is -7.46. The summed E-state index contributed by atoms with van der Waals surface area (Å²) in [6, 6.07) is 43.0. The lowest BCUT2D eigenvalue weighted by molar-refractivity contribution is -0.123. The van der Waals surface area contributed by atoms with Crippen molar-refractivity contribution in [2.75, 3.05) is 37.0 Å². The van der Waals surface area contributed by atoms with E-state index < -0.39 is 61.1 Å². The van der Waals surface area contributed by atoms with Gasteiger partial charge in [0.05, 0.1) is 78.7 Å². The summed E-state index contributed by atoms with van der Waals surface area (Å²) in [6.45, 7) is 7.16. The maximum atomic E-state index is 12.7. The number of nitrogens with one attached hydrogen (secondary N) is 6. The molecular formula is C55H52N6O14S2. The zero-order valence-electron chi connectivity index (χ0n) is 41.8. The predicted molar refractivity (Wildman–Crippen MR) is 292 cm³/mol. The third-order valence-electron chi connectivity index (χ3n) is 10.5. The first-order chi connectivity index (χ1) is 36.2. The first-order valence-corrected chi connectivity index (χ1v) is 26.2. The normalized spacial score (nSPS) is 10.9. The predicted octanol–water partition coefficient (Wildman–Crippen LogP) is 9.38. The monoisotopic (exact) mass is 1080 g/mol. The highest BCUT2D eigenvalue weighted by atomic mass is 32.2. The van der Waals surface area contributed by atoms with Gasteiger partial charge in [-0.05, 0) is 91.9 Å². The quantitative estimate of drug-likeness (QED) is 0.0462. The number of aryl methyl sites for hydroxylation is 1. The number of carbonyl (C=O) groups excluding carboxylic acids is 4. The number of sulfonamides is 2. The fourth-order valence-electron chi connectivity index (χ4n) is 6.67. The first kappa shape index (κ1) is 58.2. The van der Waals surface area contributed by atoms with Crippen LogP contribution in [0.3, 0.4) is 0 Å². The number of carboxylic acids is 3. The Labute approximate surface area is 443 Å². The molecule has 0 fully saturated rings. The molecule has 0 spiro atoms. The van der Waals surface area contributed by atoms with Gasteiger partial charge in [-0.2, -0.15) is 0 Å². The number of benzene rings is 7. The minimum Gasteiger partial charge on any atom is -0.478 e. The average molecular weight is 1090 g/mol. The molecule has 7 aromatic rings. The van der Waals surface area contributed by atoms with E-state index in [-0.39, 0.29) is 72.6 Å². The van der Waals surface area contributed by atoms with Crippen LogP contribution in [0.4, 0.5) is 34.1 Å². The Kier molecular flexibility index (Phi) is 19.3. The average Bonchev–Trinajstić information content (AvgIpc) is 3.37. The molecule has 7 rings (SSSR count). The zero-order chi connectivity index (χ0) is 56.7. The van der Waals surface area contributed by atoms with Gasteiger partial charge in [0.25, 0.3) is 27.7 Å². The molecule has 0 saturated heterocycles. The van der Waals surface area contributed by atoms with Gasteiger partial charge in [-0.1, -0.05) is 111 Å². The van der Waals surface area contributed by atoms with E-state index in [0.717, 1.165) is 11.8 Å². The van der Waals surface area contributed by atoms with Crippen LogP contribution in [0.2, 0.25) is 0 Å². The van der Waals surface area contributed by atoms with E-state index in [9.17, 15) is 60.6 Å². The number of anilines is 6. The minimum absolute atomic E-state index is 0.00735. The number of para-hydroxylation sites is 6. The van der Waals surface area contributed by atoms with Crippen LogP contribution in [0, 0.1) is 12.3 Å². The van der Waals surface area contributed by atoms with Crippen LogP contribution in [0.1, 0.15) is 88.5 Å². The van der Waals surface area contributed by atoms with Crippen LogP contribution in [0.15, 0.2) is 175 Å². The molecule has 20 nitrogen and oxygen atoms in total. The van der Waals surface area contributed by atoms with Gasteiger partial charge in [0, 0.05) is 5.41 Å². The van der Waals surface area contributed by atoms with Crippen molar-refractivity contribution in [3.8, 4) is 0 Å². The summed E-state index contributed by atoms with van der Waals surface area (Å²) in [5, 5.41) is 37.9. The Bertz CT molecular complexity index is 3600. The Morgan fingerprint density at radius 3 is 0.961 bits per heavy atom. The molecule has 0 aliphatic rings. The number of amides is 4. The Morgan fingerprint density at radius 1 is 0.377 bits per heavy atom. The largest absolute Gasteiger partial charge is 0.478 e. The SMILES string of the molecule is CC(C)(C)C(=O)Nc1ccccc1C(=O)Nc1ccccc1C(=O)O.CS(=O)(=O)Nc1ccccc1C(=O)Nc1ccccc1C(=O)O.Cc1ccc(S(=O)(=O)Nc2ccccc2C(=O)Nc2ccccc2C(=O)O)cc1. The molecule has 4 amide bonds. The number of hydrogen-bond donors (Lipinski definition) is 9. The lowest BCUT2D eigenvalue weighted by atomic mass is 9.95. The Balaban J connectivity index is 0.000000215. The number of carboxylic acid groups (broad SMARTS) is 3. The lowest BCUT2D eigenvalue weighted by Gasteiger charge is -2.19. The molecule has 0 aliphatic carbocycles. The van der Waals surface area contributed by atoms with E-state index in [1.165, 1.54) is 78.9 Å². The van der Waals surface area contributed by atoms with Crippen LogP contribution in [-0.4, -0.2) is 79.9 Å². The number of aromatic carboxylic acids is 3. The number of hydrogen-bond acceptors (Lipinski definition) is 11. The van der Waals surface area contributed by atoms with Crippen LogP contribution in [0.25, 0.3) is 0 Å². The smallest absolute Gasteiger partial charge is 0.337 e. The molecule has 0 unspecified atom stereocenters. The van der Waals surface area contributed by atoms with Gasteiger partial charge in [0.15, 0.2) is 0 Å². The molecule has 398 valence electrons. The van der Waals surface area contributed by atoms with Gasteiger partial charge in [-0.3, -0.25) is 28.6 Å². The van der Waals surface area contributed by atoms with E-state index in [1.807, 2.05) is 6.92 Å². The van der Waals surface area contributed by atoms with Gasteiger partial charge in [-0.15, -0.1) is 0 Å². The van der Waals surface area contributed by atoms with Gasteiger partial charge in [-0.25, -0.2) is 31.2 Å². The summed E-state index contributed by atoms with van der Waals surface area (Å²) in [4.78, 5) is 83.7. The second kappa shape index (κ2) is 25.5. The van der Waals surface area contributed by atoms with Gasteiger partial charge in [0.1, 0.15) is 0 Å². The Morgan fingerprint density at radius 2 is 0.649 bits per heavy atom. The van der Waals surface area contributed by atoms with Crippen LogP contribution >= 0.6 is 0 Å². The second-order valence-electron chi connectivity index (χ2n) is 17.5. The molecule has 0 heterocycles. The molecule has 0 saturated carbocycles. The molecule has 0 radical (unpaired) electrons. The standard InChI is InChI=1S/C21H18N2O5S.C19H20N2O4.C15H14N2O5S/c1-14-10-12-15(13-11-14)29(27,28)23-19-9-5-2-6-16(19)20(24)22-18-8-4-3-7-17(18)21(25)26;1-19(2,3)18(25)21-14-10-6-4-8-12(14)16(22)20-15-11-7-5-9-13(15)17(23)24;1-23(21,22)17-13-9-5-2-6-10(13)14(18)16-12-8-4-3-7-11(12)15(19)20/h2-13,23H,1H3,(H,22,24)(H,25,26);4-11H,1-3H3,(H,20,22)(H,21,25)(H,23,24);2-9,17H,1H3,(H,16,18)(H,19,20). The molecule has 22 heteroatoms. The first-order valence-electron chi connectivity index (χ1n) is 22.8. The van der Waals surface area contributed by atoms with Crippen LogP contribution in [0.5, 0.6) is 0 Å². The van der Waals surface area contributed by atoms with E-state index in [1.54, 1.807) is 112 Å². The summed E-state index contributed by atoms with van der Waals surface area (Å²) in [5.41, 5.74) is 1.55.